The summed E-state index contributed by atoms with van der Waals surface area (Å²) in [5.74, 6) is 0.381. The Kier molecular flexibility index (Phi) is 3.56. The number of carbonyl (C=O) groups is 2. The molecule has 0 saturated carbocycles. The van der Waals surface area contributed by atoms with Gasteiger partial charge in [0.15, 0.2) is 12.0 Å². The number of rotatable bonds is 1. The molecule has 1 atom stereocenters. The van der Waals surface area contributed by atoms with Crippen molar-refractivity contribution in [2.45, 2.75) is 51.2 Å². The summed E-state index contributed by atoms with van der Waals surface area (Å²) in [5.41, 5.74) is -0.921. The SMILES string of the molecule is CC(C)(C)OC(=O)N1CCCC2(CC=C(C=O)O2)C1. The normalized spacial score (nSPS) is 26.9. The Morgan fingerprint density at radius 2 is 2.26 bits per heavy atom. The molecule has 0 radical (unpaired) electrons. The Hall–Kier alpha value is -1.52. The first-order valence-corrected chi connectivity index (χ1v) is 6.66. The summed E-state index contributed by atoms with van der Waals surface area (Å²) in [5, 5.41) is 0. The van der Waals surface area contributed by atoms with E-state index >= 15 is 0 Å². The van der Waals surface area contributed by atoms with Crippen LogP contribution in [0.5, 0.6) is 0 Å². The third kappa shape index (κ3) is 3.28. The summed E-state index contributed by atoms with van der Waals surface area (Å²) in [6.45, 7) is 6.71. The molecule has 0 bridgehead atoms. The zero-order valence-corrected chi connectivity index (χ0v) is 11.8. The van der Waals surface area contributed by atoms with Crippen LogP contribution in [-0.4, -0.2) is 41.6 Å². The van der Waals surface area contributed by atoms with Crippen LogP contribution >= 0.6 is 0 Å². The van der Waals surface area contributed by atoms with Crippen molar-refractivity contribution < 1.29 is 19.1 Å². The molecule has 0 aromatic carbocycles. The van der Waals surface area contributed by atoms with Crippen LogP contribution in [-0.2, 0) is 14.3 Å². The number of nitrogens with zero attached hydrogens (tertiary/aromatic N) is 1. The smallest absolute Gasteiger partial charge is 0.410 e. The van der Waals surface area contributed by atoms with Crippen LogP contribution in [0.1, 0.15) is 40.0 Å². The number of hydrogen-bond donors (Lipinski definition) is 0. The molecule has 1 saturated heterocycles. The van der Waals surface area contributed by atoms with Crippen LogP contribution in [0.3, 0.4) is 0 Å². The van der Waals surface area contributed by atoms with Gasteiger partial charge in [-0.2, -0.15) is 0 Å². The number of hydrogen-bond acceptors (Lipinski definition) is 4. The van der Waals surface area contributed by atoms with Crippen molar-refractivity contribution in [2.24, 2.45) is 0 Å². The first-order chi connectivity index (χ1) is 8.84. The fourth-order valence-electron chi connectivity index (χ4n) is 2.52. The summed E-state index contributed by atoms with van der Waals surface area (Å²) >= 11 is 0. The van der Waals surface area contributed by atoms with Gasteiger partial charge in [-0.1, -0.05) is 0 Å². The molecule has 0 aliphatic carbocycles. The van der Waals surface area contributed by atoms with Crippen molar-refractivity contribution in [3.05, 3.63) is 11.8 Å². The highest BCUT2D eigenvalue weighted by atomic mass is 16.6. The lowest BCUT2D eigenvalue weighted by molar-refractivity contribution is -0.111. The number of aldehydes is 1. The van der Waals surface area contributed by atoms with Crippen LogP contribution in [0.4, 0.5) is 4.79 Å². The Morgan fingerprint density at radius 3 is 2.84 bits per heavy atom. The van der Waals surface area contributed by atoms with Crippen LogP contribution in [0.15, 0.2) is 11.8 Å². The summed E-state index contributed by atoms with van der Waals surface area (Å²) in [6.07, 6.45) is 4.61. The third-order valence-electron chi connectivity index (χ3n) is 3.32. The molecule has 0 N–H and O–H groups in total. The van der Waals surface area contributed by atoms with E-state index in [0.29, 0.717) is 25.3 Å². The van der Waals surface area contributed by atoms with Gasteiger partial charge in [-0.15, -0.1) is 0 Å². The minimum Gasteiger partial charge on any atom is -0.482 e. The van der Waals surface area contributed by atoms with E-state index in [0.717, 1.165) is 19.1 Å². The summed E-state index contributed by atoms with van der Waals surface area (Å²) < 4.78 is 11.1. The second-order valence-electron chi connectivity index (χ2n) is 6.22. The largest absolute Gasteiger partial charge is 0.482 e. The van der Waals surface area contributed by atoms with E-state index < -0.39 is 11.2 Å². The van der Waals surface area contributed by atoms with Gasteiger partial charge < -0.3 is 14.4 Å². The van der Waals surface area contributed by atoms with Crippen LogP contribution in [0, 0.1) is 0 Å². The van der Waals surface area contributed by atoms with Gasteiger partial charge >= 0.3 is 6.09 Å². The molecular weight excluding hydrogens is 246 g/mol. The monoisotopic (exact) mass is 267 g/mol. The van der Waals surface area contributed by atoms with Crippen LogP contribution in [0.25, 0.3) is 0 Å². The van der Waals surface area contributed by atoms with Crippen molar-refractivity contribution >= 4 is 12.4 Å². The first kappa shape index (κ1) is 13.9. The van der Waals surface area contributed by atoms with Gasteiger partial charge in [0.25, 0.3) is 0 Å². The molecule has 2 aliphatic heterocycles. The van der Waals surface area contributed by atoms with Gasteiger partial charge in [-0.3, -0.25) is 4.79 Å². The van der Waals surface area contributed by atoms with Crippen molar-refractivity contribution in [1.82, 2.24) is 4.90 Å². The molecule has 19 heavy (non-hydrogen) atoms. The lowest BCUT2D eigenvalue weighted by Crippen LogP contribution is -2.51. The van der Waals surface area contributed by atoms with E-state index in [1.54, 1.807) is 11.0 Å². The van der Waals surface area contributed by atoms with Crippen LogP contribution < -0.4 is 0 Å². The first-order valence-electron chi connectivity index (χ1n) is 6.66. The molecule has 2 heterocycles. The minimum atomic E-state index is -0.496. The summed E-state index contributed by atoms with van der Waals surface area (Å²) in [4.78, 5) is 24.5. The highest BCUT2D eigenvalue weighted by Gasteiger charge is 2.42. The van der Waals surface area contributed by atoms with E-state index in [1.165, 1.54) is 0 Å². The van der Waals surface area contributed by atoms with Crippen molar-refractivity contribution in [2.75, 3.05) is 13.1 Å². The highest BCUT2D eigenvalue weighted by Crippen LogP contribution is 2.36. The Morgan fingerprint density at radius 1 is 1.53 bits per heavy atom. The lowest BCUT2D eigenvalue weighted by atomic mass is 9.90. The zero-order chi connectivity index (χ0) is 14.1. The molecule has 5 heteroatoms. The van der Waals surface area contributed by atoms with Crippen molar-refractivity contribution in [1.29, 1.82) is 0 Å². The van der Waals surface area contributed by atoms with Gasteiger partial charge in [0.2, 0.25) is 0 Å². The van der Waals surface area contributed by atoms with E-state index in [2.05, 4.69) is 0 Å². The molecule has 1 amide bonds. The maximum atomic E-state index is 12.1. The molecule has 1 spiro atoms. The topological polar surface area (TPSA) is 55.8 Å². The summed E-state index contributed by atoms with van der Waals surface area (Å²) in [7, 11) is 0. The number of likely N-dealkylation sites (tertiary alicyclic amines) is 1. The summed E-state index contributed by atoms with van der Waals surface area (Å²) in [6, 6.07) is 0. The molecular formula is C14H21NO4. The Balaban J connectivity index is 1.98. The predicted octanol–water partition coefficient (Wildman–Crippen LogP) is 2.26. The third-order valence-corrected chi connectivity index (χ3v) is 3.32. The van der Waals surface area contributed by atoms with E-state index in [-0.39, 0.29) is 6.09 Å². The van der Waals surface area contributed by atoms with Gasteiger partial charge in [0, 0.05) is 13.0 Å². The highest BCUT2D eigenvalue weighted by molar-refractivity contribution is 5.71. The van der Waals surface area contributed by atoms with Gasteiger partial charge in [-0.25, -0.2) is 4.79 Å². The molecule has 1 unspecified atom stereocenters. The maximum absolute atomic E-state index is 12.1. The zero-order valence-electron chi connectivity index (χ0n) is 11.8. The van der Waals surface area contributed by atoms with E-state index in [1.807, 2.05) is 20.8 Å². The molecule has 1 fully saturated rings. The Bertz CT molecular complexity index is 410. The maximum Gasteiger partial charge on any atom is 0.410 e. The number of ether oxygens (including phenoxy) is 2. The number of allylic oxidation sites excluding steroid dienone is 1. The van der Waals surface area contributed by atoms with Gasteiger partial charge in [0.1, 0.15) is 11.2 Å². The number of piperidine rings is 1. The second kappa shape index (κ2) is 4.87. The molecule has 2 rings (SSSR count). The minimum absolute atomic E-state index is 0.310. The van der Waals surface area contributed by atoms with Gasteiger partial charge in [0.05, 0.1) is 6.54 Å². The van der Waals surface area contributed by atoms with Crippen LogP contribution in [0.2, 0.25) is 0 Å². The van der Waals surface area contributed by atoms with Crippen molar-refractivity contribution in [3.63, 3.8) is 0 Å². The molecule has 0 aromatic heterocycles. The molecule has 0 aromatic rings. The molecule has 106 valence electrons. The molecule has 2 aliphatic rings. The van der Waals surface area contributed by atoms with Gasteiger partial charge in [-0.05, 0) is 39.7 Å². The quantitative estimate of drug-likeness (QED) is 0.684. The van der Waals surface area contributed by atoms with E-state index in [9.17, 15) is 9.59 Å². The predicted molar refractivity (Wildman–Crippen MR) is 69.6 cm³/mol. The lowest BCUT2D eigenvalue weighted by Gasteiger charge is -2.40. The Labute approximate surface area is 113 Å². The average Bonchev–Trinajstić information content (AvgIpc) is 2.70. The average molecular weight is 267 g/mol. The van der Waals surface area contributed by atoms with Crippen molar-refractivity contribution in [3.8, 4) is 0 Å². The second-order valence-corrected chi connectivity index (χ2v) is 6.22. The number of amides is 1. The molecule has 5 nitrogen and oxygen atoms in total. The fourth-order valence-corrected chi connectivity index (χ4v) is 2.52. The standard InChI is InChI=1S/C14H21NO4/c1-13(2,3)19-12(17)15-8-4-6-14(10-15)7-5-11(9-16)18-14/h5,9H,4,6-8,10H2,1-3H3. The van der Waals surface area contributed by atoms with E-state index in [4.69, 9.17) is 9.47 Å². The number of carbonyl (C=O) groups excluding carboxylic acids is 2. The fraction of sp³-hybridized carbons (Fsp3) is 0.714.